The maximum atomic E-state index is 10.2. The van der Waals surface area contributed by atoms with Gasteiger partial charge in [0.05, 0.1) is 6.10 Å². The van der Waals surface area contributed by atoms with Crippen LogP contribution in [0.15, 0.2) is 51.4 Å². The first-order valence-electron chi connectivity index (χ1n) is 6.00. The van der Waals surface area contributed by atoms with Crippen molar-refractivity contribution in [3.63, 3.8) is 0 Å². The second-order valence-electron chi connectivity index (χ2n) is 4.41. The molecule has 100 valence electrons. The van der Waals surface area contributed by atoms with Crippen molar-refractivity contribution in [1.82, 2.24) is 0 Å². The summed E-state index contributed by atoms with van der Waals surface area (Å²) in [6.45, 7) is 2.53. The summed E-state index contributed by atoms with van der Waals surface area (Å²) in [7, 11) is 0. The van der Waals surface area contributed by atoms with Gasteiger partial charge in [0, 0.05) is 21.2 Å². The highest BCUT2D eigenvalue weighted by molar-refractivity contribution is 9.10. The van der Waals surface area contributed by atoms with Gasteiger partial charge in [0.1, 0.15) is 0 Å². The van der Waals surface area contributed by atoms with Crippen LogP contribution in [0.4, 0.5) is 5.69 Å². The molecule has 0 radical (unpaired) electrons. The zero-order valence-electron chi connectivity index (χ0n) is 10.5. The Morgan fingerprint density at radius 3 is 2.53 bits per heavy atom. The van der Waals surface area contributed by atoms with E-state index in [1.54, 1.807) is 0 Å². The lowest BCUT2D eigenvalue weighted by Crippen LogP contribution is -2.12. The maximum Gasteiger partial charge on any atom is 0.0962 e. The van der Waals surface area contributed by atoms with E-state index in [9.17, 15) is 5.11 Å². The van der Waals surface area contributed by atoms with E-state index in [0.717, 1.165) is 25.8 Å². The fourth-order valence-electron chi connectivity index (χ4n) is 1.86. The number of halogens is 2. The van der Waals surface area contributed by atoms with E-state index < -0.39 is 6.10 Å². The summed E-state index contributed by atoms with van der Waals surface area (Å²) < 4.78 is 2.03. The smallest absolute Gasteiger partial charge is 0.0962 e. The molecule has 0 aliphatic heterocycles. The van der Waals surface area contributed by atoms with Gasteiger partial charge in [0.2, 0.25) is 0 Å². The van der Waals surface area contributed by atoms with E-state index in [4.69, 9.17) is 0 Å². The van der Waals surface area contributed by atoms with Gasteiger partial charge in [-0.2, -0.15) is 0 Å². The van der Waals surface area contributed by atoms with Crippen LogP contribution in [0.3, 0.4) is 0 Å². The average Bonchev–Trinajstić information content (AvgIpc) is 2.37. The van der Waals surface area contributed by atoms with Crippen molar-refractivity contribution in [2.45, 2.75) is 13.0 Å². The lowest BCUT2D eigenvalue weighted by molar-refractivity contribution is 0.191. The molecule has 0 aromatic heterocycles. The number of hydrogen-bond donors (Lipinski definition) is 2. The quantitative estimate of drug-likeness (QED) is 0.802. The highest BCUT2D eigenvalue weighted by Gasteiger charge is 2.08. The molecule has 19 heavy (non-hydrogen) atoms. The molecule has 0 saturated carbocycles. The Morgan fingerprint density at radius 1 is 1.11 bits per heavy atom. The van der Waals surface area contributed by atoms with Gasteiger partial charge in [-0.05, 0) is 48.4 Å². The molecule has 2 rings (SSSR count). The van der Waals surface area contributed by atoms with Crippen LogP contribution in [0, 0.1) is 6.92 Å². The highest BCUT2D eigenvalue weighted by Crippen LogP contribution is 2.22. The molecule has 2 aromatic carbocycles. The lowest BCUT2D eigenvalue weighted by Gasteiger charge is -2.15. The van der Waals surface area contributed by atoms with Gasteiger partial charge >= 0.3 is 0 Å². The monoisotopic (exact) mass is 383 g/mol. The fourth-order valence-corrected chi connectivity index (χ4v) is 2.76. The van der Waals surface area contributed by atoms with E-state index in [2.05, 4.69) is 37.2 Å². The fraction of sp³-hybridized carbons (Fsp3) is 0.200. The van der Waals surface area contributed by atoms with Crippen molar-refractivity contribution < 1.29 is 5.11 Å². The number of nitrogens with one attached hydrogen (secondary N) is 1. The number of hydrogen-bond acceptors (Lipinski definition) is 2. The average molecular weight is 385 g/mol. The molecule has 2 nitrogen and oxygen atoms in total. The van der Waals surface area contributed by atoms with Crippen LogP contribution >= 0.6 is 31.9 Å². The van der Waals surface area contributed by atoms with Gasteiger partial charge in [-0.1, -0.05) is 44.0 Å². The summed E-state index contributed by atoms with van der Waals surface area (Å²) in [4.78, 5) is 0. The topological polar surface area (TPSA) is 32.3 Å². The second-order valence-corrected chi connectivity index (χ2v) is 6.24. The molecular formula is C15H15Br2NO. The van der Waals surface area contributed by atoms with Crippen LogP contribution in [0.5, 0.6) is 0 Å². The molecule has 0 saturated heterocycles. The van der Waals surface area contributed by atoms with Crippen molar-refractivity contribution >= 4 is 37.5 Å². The molecule has 0 heterocycles. The molecule has 2 aromatic rings. The Bertz CT molecular complexity index is 572. The molecule has 0 fully saturated rings. The van der Waals surface area contributed by atoms with E-state index in [-0.39, 0.29) is 0 Å². The molecule has 4 heteroatoms. The zero-order chi connectivity index (χ0) is 13.8. The number of rotatable bonds is 4. The van der Waals surface area contributed by atoms with Gasteiger partial charge < -0.3 is 10.4 Å². The molecule has 0 aliphatic rings. The van der Waals surface area contributed by atoms with Crippen molar-refractivity contribution in [1.29, 1.82) is 0 Å². The first kappa shape index (κ1) is 14.6. The van der Waals surface area contributed by atoms with E-state index >= 15 is 0 Å². The van der Waals surface area contributed by atoms with Crippen LogP contribution in [0.1, 0.15) is 17.2 Å². The Morgan fingerprint density at radius 2 is 1.84 bits per heavy atom. The second kappa shape index (κ2) is 6.55. The molecule has 2 N–H and O–H groups in total. The third-order valence-corrected chi connectivity index (χ3v) is 3.89. The molecular weight excluding hydrogens is 370 g/mol. The minimum absolute atomic E-state index is 0.485. The Hall–Kier alpha value is -0.840. The van der Waals surface area contributed by atoms with Crippen molar-refractivity contribution in [3.05, 3.63) is 62.5 Å². The highest BCUT2D eigenvalue weighted by atomic mass is 79.9. The van der Waals surface area contributed by atoms with E-state index in [0.29, 0.717) is 6.54 Å². The van der Waals surface area contributed by atoms with E-state index in [1.165, 1.54) is 0 Å². The van der Waals surface area contributed by atoms with Crippen LogP contribution in [-0.2, 0) is 0 Å². The van der Waals surface area contributed by atoms with Gasteiger partial charge in [-0.15, -0.1) is 0 Å². The van der Waals surface area contributed by atoms with Crippen molar-refractivity contribution in [2.75, 3.05) is 11.9 Å². The Balaban J connectivity index is 2.02. The number of benzene rings is 2. The Labute approximate surface area is 130 Å². The minimum atomic E-state index is -0.527. The van der Waals surface area contributed by atoms with Crippen molar-refractivity contribution in [3.8, 4) is 0 Å². The van der Waals surface area contributed by atoms with Gasteiger partial charge in [0.25, 0.3) is 0 Å². The van der Waals surface area contributed by atoms with Gasteiger partial charge in [-0.25, -0.2) is 0 Å². The molecule has 0 amide bonds. The van der Waals surface area contributed by atoms with Crippen LogP contribution in [0.25, 0.3) is 0 Å². The third kappa shape index (κ3) is 4.06. The molecule has 1 atom stereocenters. The third-order valence-electron chi connectivity index (χ3n) is 2.91. The van der Waals surface area contributed by atoms with E-state index in [1.807, 2.05) is 49.4 Å². The first-order chi connectivity index (χ1) is 9.06. The molecule has 0 bridgehead atoms. The Kier molecular flexibility index (Phi) is 5.02. The molecule has 0 aliphatic carbocycles. The summed E-state index contributed by atoms with van der Waals surface area (Å²) in [6.07, 6.45) is -0.527. The lowest BCUT2D eigenvalue weighted by atomic mass is 10.1. The van der Waals surface area contributed by atoms with Gasteiger partial charge in [-0.3, -0.25) is 0 Å². The molecule has 0 spiro atoms. The number of aliphatic hydroxyl groups excluding tert-OH is 1. The van der Waals surface area contributed by atoms with Crippen LogP contribution in [0.2, 0.25) is 0 Å². The number of aliphatic hydroxyl groups is 1. The predicted molar refractivity (Wildman–Crippen MR) is 86.5 cm³/mol. The summed E-state index contributed by atoms with van der Waals surface area (Å²) in [6, 6.07) is 13.8. The van der Waals surface area contributed by atoms with Crippen molar-refractivity contribution in [2.24, 2.45) is 0 Å². The van der Waals surface area contributed by atoms with Crippen LogP contribution in [-0.4, -0.2) is 11.7 Å². The number of anilines is 1. The normalized spacial score (nSPS) is 12.2. The van der Waals surface area contributed by atoms with Crippen LogP contribution < -0.4 is 5.32 Å². The summed E-state index contributed by atoms with van der Waals surface area (Å²) >= 11 is 6.85. The largest absolute Gasteiger partial charge is 0.387 e. The number of aryl methyl sites for hydroxylation is 1. The SMILES string of the molecule is Cc1cc(Br)ccc1NCC(O)c1cccc(Br)c1. The summed E-state index contributed by atoms with van der Waals surface area (Å²) in [5, 5.41) is 13.4. The summed E-state index contributed by atoms with van der Waals surface area (Å²) in [5.74, 6) is 0. The first-order valence-corrected chi connectivity index (χ1v) is 7.58. The minimum Gasteiger partial charge on any atom is -0.387 e. The predicted octanol–water partition coefficient (Wildman–Crippen LogP) is 4.67. The standard InChI is InChI=1S/C15H15Br2NO/c1-10-7-13(17)5-6-14(10)18-9-15(19)11-3-2-4-12(16)8-11/h2-8,15,18-19H,9H2,1H3. The maximum absolute atomic E-state index is 10.2. The molecule has 1 unspecified atom stereocenters. The summed E-state index contributed by atoms with van der Waals surface area (Å²) in [5.41, 5.74) is 3.09. The van der Waals surface area contributed by atoms with Gasteiger partial charge in [0.15, 0.2) is 0 Å². The zero-order valence-corrected chi connectivity index (χ0v) is 13.7.